The average molecular weight is 160 g/mol. The number of hydrogen-bond donors (Lipinski definition) is 0. The normalized spacial score (nSPS) is 22.6. The molecule has 0 atom stereocenters. The average Bonchev–Trinajstić information content (AvgIpc) is 2.03. The number of carbonyl (C=O) groups is 1. The Bertz CT molecular complexity index is 128. The molecule has 0 spiro atoms. The van der Waals surface area contributed by atoms with Crippen molar-refractivity contribution in [3.05, 3.63) is 0 Å². The fraction of sp³-hybridized carbons (Fsp3) is 0.857. The molecule has 1 saturated heterocycles. The zero-order valence-electron chi connectivity index (χ0n) is 6.54. The molecule has 0 unspecified atom stereocenters. The van der Waals surface area contributed by atoms with E-state index in [1.54, 1.807) is 0 Å². The van der Waals surface area contributed by atoms with Gasteiger partial charge in [0.1, 0.15) is 13.4 Å². The van der Waals surface area contributed by atoms with Gasteiger partial charge in [0.05, 0.1) is 13.2 Å². The van der Waals surface area contributed by atoms with Gasteiger partial charge in [0, 0.05) is 5.41 Å². The van der Waals surface area contributed by atoms with Crippen LogP contribution in [0.3, 0.4) is 0 Å². The summed E-state index contributed by atoms with van der Waals surface area (Å²) in [5.41, 5.74) is -0.167. The smallest absolute Gasteiger partial charge is 0.293 e. The van der Waals surface area contributed by atoms with Crippen LogP contribution in [0.5, 0.6) is 0 Å². The van der Waals surface area contributed by atoms with Crippen LogP contribution in [0.1, 0.15) is 6.92 Å². The molecule has 0 aromatic heterocycles. The minimum Gasteiger partial charge on any atom is -0.467 e. The van der Waals surface area contributed by atoms with Gasteiger partial charge in [0.25, 0.3) is 6.47 Å². The Morgan fingerprint density at radius 1 is 1.55 bits per heavy atom. The number of carbonyl (C=O) groups excluding carboxylic acids is 1. The molecule has 0 amide bonds. The van der Waals surface area contributed by atoms with Gasteiger partial charge < -0.3 is 14.2 Å². The van der Waals surface area contributed by atoms with Crippen LogP contribution in [0.2, 0.25) is 0 Å². The molecular formula is C7H12O4. The fourth-order valence-electron chi connectivity index (χ4n) is 0.995. The third-order valence-corrected chi connectivity index (χ3v) is 1.57. The Hall–Kier alpha value is -0.610. The van der Waals surface area contributed by atoms with Crippen LogP contribution in [0, 0.1) is 5.41 Å². The molecule has 11 heavy (non-hydrogen) atoms. The number of ether oxygens (including phenoxy) is 3. The third kappa shape index (κ3) is 2.48. The molecule has 1 aliphatic rings. The van der Waals surface area contributed by atoms with E-state index >= 15 is 0 Å². The van der Waals surface area contributed by atoms with E-state index in [9.17, 15) is 4.79 Å². The van der Waals surface area contributed by atoms with E-state index in [0.717, 1.165) is 0 Å². The van der Waals surface area contributed by atoms with Crippen LogP contribution in [-0.4, -0.2) is 33.1 Å². The Balaban J connectivity index is 2.30. The van der Waals surface area contributed by atoms with E-state index in [2.05, 4.69) is 4.74 Å². The molecule has 64 valence electrons. The summed E-state index contributed by atoms with van der Waals surface area (Å²) in [5, 5.41) is 0. The highest BCUT2D eigenvalue weighted by atomic mass is 16.7. The predicted molar refractivity (Wildman–Crippen MR) is 36.9 cm³/mol. The lowest BCUT2D eigenvalue weighted by Crippen LogP contribution is -2.38. The summed E-state index contributed by atoms with van der Waals surface area (Å²) in [4.78, 5) is 9.89. The molecule has 0 N–H and O–H groups in total. The summed E-state index contributed by atoms with van der Waals surface area (Å²) in [7, 11) is 0. The Morgan fingerprint density at radius 3 is 2.73 bits per heavy atom. The van der Waals surface area contributed by atoms with Gasteiger partial charge in [-0.05, 0) is 0 Å². The summed E-state index contributed by atoms with van der Waals surface area (Å²) in [6, 6.07) is 0. The second-order valence-corrected chi connectivity index (χ2v) is 3.03. The molecule has 0 aliphatic carbocycles. The van der Waals surface area contributed by atoms with Crippen LogP contribution in [0.4, 0.5) is 0 Å². The highest BCUT2D eigenvalue weighted by Gasteiger charge is 2.29. The second kappa shape index (κ2) is 3.69. The van der Waals surface area contributed by atoms with Crippen LogP contribution >= 0.6 is 0 Å². The highest BCUT2D eigenvalue weighted by molar-refractivity contribution is 5.37. The molecule has 1 heterocycles. The summed E-state index contributed by atoms with van der Waals surface area (Å²) < 4.78 is 14.8. The third-order valence-electron chi connectivity index (χ3n) is 1.57. The molecule has 0 aromatic rings. The molecule has 4 heteroatoms. The maximum Gasteiger partial charge on any atom is 0.293 e. The van der Waals surface area contributed by atoms with Crippen LogP contribution in [-0.2, 0) is 19.0 Å². The van der Waals surface area contributed by atoms with Crippen molar-refractivity contribution in [2.24, 2.45) is 5.41 Å². The number of hydrogen-bond acceptors (Lipinski definition) is 4. The topological polar surface area (TPSA) is 44.8 Å². The zero-order valence-corrected chi connectivity index (χ0v) is 6.54. The van der Waals surface area contributed by atoms with Gasteiger partial charge in [0.15, 0.2) is 0 Å². The van der Waals surface area contributed by atoms with Crippen molar-refractivity contribution in [2.75, 3.05) is 26.6 Å². The Labute approximate surface area is 65.4 Å². The molecular weight excluding hydrogens is 148 g/mol. The van der Waals surface area contributed by atoms with Crippen molar-refractivity contribution < 1.29 is 19.0 Å². The lowest BCUT2D eigenvalue weighted by atomic mass is 9.94. The molecule has 0 radical (unpaired) electrons. The van der Waals surface area contributed by atoms with Crippen LogP contribution in [0.25, 0.3) is 0 Å². The lowest BCUT2D eigenvalue weighted by Gasteiger charge is -2.31. The standard InChI is InChI=1S/C7H12O4/c1-7(2-9-5-8)3-10-6-11-4-7/h5H,2-4,6H2,1H3. The van der Waals surface area contributed by atoms with E-state index < -0.39 is 0 Å². The first-order valence-electron chi connectivity index (χ1n) is 3.48. The first-order chi connectivity index (χ1) is 5.27. The van der Waals surface area contributed by atoms with Gasteiger partial charge in [0.2, 0.25) is 0 Å². The maximum absolute atomic E-state index is 9.89. The quantitative estimate of drug-likeness (QED) is 0.552. The van der Waals surface area contributed by atoms with Gasteiger partial charge in [-0.1, -0.05) is 6.92 Å². The molecule has 0 bridgehead atoms. The van der Waals surface area contributed by atoms with Crippen molar-refractivity contribution in [3.8, 4) is 0 Å². The van der Waals surface area contributed by atoms with E-state index in [1.165, 1.54) is 0 Å². The largest absolute Gasteiger partial charge is 0.467 e. The minimum atomic E-state index is -0.167. The van der Waals surface area contributed by atoms with Crippen LogP contribution < -0.4 is 0 Å². The van der Waals surface area contributed by atoms with Crippen molar-refractivity contribution in [1.29, 1.82) is 0 Å². The van der Waals surface area contributed by atoms with Crippen molar-refractivity contribution in [3.63, 3.8) is 0 Å². The second-order valence-electron chi connectivity index (χ2n) is 3.03. The van der Waals surface area contributed by atoms with Crippen molar-refractivity contribution in [1.82, 2.24) is 0 Å². The minimum absolute atomic E-state index is 0.167. The lowest BCUT2D eigenvalue weighted by molar-refractivity contribution is -0.176. The van der Waals surface area contributed by atoms with Gasteiger partial charge >= 0.3 is 0 Å². The number of rotatable bonds is 3. The summed E-state index contributed by atoms with van der Waals surface area (Å²) in [5.74, 6) is 0. The molecule has 1 fully saturated rings. The summed E-state index contributed by atoms with van der Waals surface area (Å²) in [6.07, 6.45) is 0. The first-order valence-corrected chi connectivity index (χ1v) is 3.48. The summed E-state index contributed by atoms with van der Waals surface area (Å²) in [6.45, 7) is 4.27. The monoisotopic (exact) mass is 160 g/mol. The predicted octanol–water partition coefficient (Wildman–Crippen LogP) is 0.170. The Morgan fingerprint density at radius 2 is 2.18 bits per heavy atom. The summed E-state index contributed by atoms with van der Waals surface area (Å²) >= 11 is 0. The molecule has 0 aromatic carbocycles. The zero-order chi connectivity index (χ0) is 8.16. The van der Waals surface area contributed by atoms with Crippen LogP contribution in [0.15, 0.2) is 0 Å². The van der Waals surface area contributed by atoms with Crippen molar-refractivity contribution in [2.45, 2.75) is 6.92 Å². The van der Waals surface area contributed by atoms with E-state index in [0.29, 0.717) is 33.1 Å². The molecule has 1 rings (SSSR count). The van der Waals surface area contributed by atoms with Gasteiger partial charge in [-0.3, -0.25) is 4.79 Å². The van der Waals surface area contributed by atoms with E-state index in [4.69, 9.17) is 9.47 Å². The fourth-order valence-corrected chi connectivity index (χ4v) is 0.995. The van der Waals surface area contributed by atoms with Gasteiger partial charge in [-0.15, -0.1) is 0 Å². The van der Waals surface area contributed by atoms with Gasteiger partial charge in [-0.25, -0.2) is 0 Å². The molecule has 0 saturated carbocycles. The first kappa shape index (κ1) is 8.49. The van der Waals surface area contributed by atoms with E-state index in [-0.39, 0.29) is 5.41 Å². The Kier molecular flexibility index (Phi) is 2.84. The molecule has 4 nitrogen and oxygen atoms in total. The van der Waals surface area contributed by atoms with Crippen molar-refractivity contribution >= 4 is 6.47 Å². The SMILES string of the molecule is CC1(COC=O)COCOC1. The van der Waals surface area contributed by atoms with E-state index in [1.807, 2.05) is 6.92 Å². The molecule has 1 aliphatic heterocycles. The van der Waals surface area contributed by atoms with Gasteiger partial charge in [-0.2, -0.15) is 0 Å². The highest BCUT2D eigenvalue weighted by Crippen LogP contribution is 2.20. The maximum atomic E-state index is 9.89.